The van der Waals surface area contributed by atoms with Crippen LogP contribution in [-0.2, 0) is 4.79 Å². The lowest BCUT2D eigenvalue weighted by molar-refractivity contribution is -0.131. The molecule has 1 saturated heterocycles. The van der Waals surface area contributed by atoms with Crippen LogP contribution in [0.1, 0.15) is 46.2 Å². The molecule has 0 amide bonds. The zero-order valence-corrected chi connectivity index (χ0v) is 20.7. The average Bonchev–Trinajstić information content (AvgIpc) is 2.97. The molecule has 0 N–H and O–H groups in total. The van der Waals surface area contributed by atoms with Crippen LogP contribution in [0.4, 0.5) is 0 Å². The lowest BCUT2D eigenvalue weighted by Gasteiger charge is -2.46. The molecule has 0 radical (unpaired) electrons. The van der Waals surface area contributed by atoms with E-state index >= 15 is 0 Å². The van der Waals surface area contributed by atoms with E-state index in [2.05, 4.69) is 5.29 Å². The summed E-state index contributed by atoms with van der Waals surface area (Å²) in [5, 5.41) is 5.17. The third-order valence-electron chi connectivity index (χ3n) is 7.14. The number of carbonyl (C=O) groups excluding carboxylic acids is 1. The van der Waals surface area contributed by atoms with Gasteiger partial charge in [0, 0.05) is 0 Å². The van der Waals surface area contributed by atoms with Crippen molar-refractivity contribution in [3.05, 3.63) is 136 Å². The van der Waals surface area contributed by atoms with Gasteiger partial charge in [0.2, 0.25) is 0 Å². The maximum atomic E-state index is 14.6. The maximum Gasteiger partial charge on any atom is 0.152 e. The van der Waals surface area contributed by atoms with Crippen molar-refractivity contribution < 1.29 is 14.3 Å². The molecule has 1 heterocycles. The molecule has 186 valence electrons. The number of benzene rings is 4. The molecule has 0 unspecified atom stereocenters. The summed E-state index contributed by atoms with van der Waals surface area (Å²) in [6.07, 6.45) is 0. The molecule has 4 aromatic carbocycles. The van der Waals surface area contributed by atoms with Crippen LogP contribution >= 0.6 is 0 Å². The van der Waals surface area contributed by atoms with E-state index in [9.17, 15) is 9.70 Å². The minimum absolute atomic E-state index is 0.0407. The molecule has 0 bridgehead atoms. The number of ether oxygens (including phenoxy) is 2. The Morgan fingerprint density at radius 1 is 0.568 bits per heavy atom. The molecule has 37 heavy (non-hydrogen) atoms. The Morgan fingerprint density at radius 2 is 0.946 bits per heavy atom. The summed E-state index contributed by atoms with van der Waals surface area (Å²) in [7, 11) is 3.21. The highest BCUT2D eigenvalue weighted by molar-refractivity contribution is 5.94. The molecular formula is C31H28N2O4. The molecule has 1 aliphatic heterocycles. The third kappa shape index (κ3) is 4.58. The monoisotopic (exact) mass is 492 g/mol. The lowest BCUT2D eigenvalue weighted by atomic mass is 9.69. The zero-order chi connectivity index (χ0) is 25.8. The number of Topliss-reactive ketones (excluding diaryl/α,β-unsaturated/α-hetero) is 1. The van der Waals surface area contributed by atoms with E-state index in [-0.39, 0.29) is 5.78 Å². The molecule has 4 atom stereocenters. The highest BCUT2D eigenvalue weighted by atomic mass is 16.5. The van der Waals surface area contributed by atoms with Gasteiger partial charge in [0.15, 0.2) is 5.78 Å². The molecule has 1 fully saturated rings. The van der Waals surface area contributed by atoms with Crippen molar-refractivity contribution in [2.75, 3.05) is 14.2 Å². The molecule has 0 spiro atoms. The predicted molar refractivity (Wildman–Crippen MR) is 142 cm³/mol. The Labute approximate surface area is 216 Å². The van der Waals surface area contributed by atoms with Crippen LogP contribution in [0.5, 0.6) is 11.5 Å². The quantitative estimate of drug-likeness (QED) is 0.271. The van der Waals surface area contributed by atoms with Gasteiger partial charge in [-0.2, -0.15) is 0 Å². The van der Waals surface area contributed by atoms with Crippen LogP contribution in [0, 0.1) is 4.91 Å². The van der Waals surface area contributed by atoms with E-state index in [1.165, 1.54) is 0 Å². The Kier molecular flexibility index (Phi) is 6.99. The second kappa shape index (κ2) is 10.7. The molecule has 0 aliphatic carbocycles. The van der Waals surface area contributed by atoms with Crippen LogP contribution in [0.2, 0.25) is 0 Å². The van der Waals surface area contributed by atoms with Gasteiger partial charge >= 0.3 is 0 Å². The lowest BCUT2D eigenvalue weighted by Crippen LogP contribution is -2.46. The highest BCUT2D eigenvalue weighted by Crippen LogP contribution is 2.53. The van der Waals surface area contributed by atoms with Crippen molar-refractivity contribution in [1.29, 1.82) is 0 Å². The minimum atomic E-state index is -0.606. The normalized spacial score (nSPS) is 21.4. The van der Waals surface area contributed by atoms with Gasteiger partial charge in [-0.15, -0.1) is 4.91 Å². The number of piperidine rings is 1. The minimum Gasteiger partial charge on any atom is -0.497 e. The summed E-state index contributed by atoms with van der Waals surface area (Å²) in [4.78, 5) is 27.3. The van der Waals surface area contributed by atoms with Gasteiger partial charge in [-0.05, 0) is 46.5 Å². The molecule has 4 aromatic rings. The van der Waals surface area contributed by atoms with E-state index < -0.39 is 23.9 Å². The Hall–Kier alpha value is -4.45. The number of nitroso groups, excluding NO2 is 1. The summed E-state index contributed by atoms with van der Waals surface area (Å²) >= 11 is 0. The van der Waals surface area contributed by atoms with Gasteiger partial charge < -0.3 is 9.47 Å². The first-order valence-electron chi connectivity index (χ1n) is 12.2. The van der Waals surface area contributed by atoms with Crippen molar-refractivity contribution in [3.63, 3.8) is 0 Å². The van der Waals surface area contributed by atoms with E-state index in [4.69, 9.17) is 9.47 Å². The Balaban J connectivity index is 1.73. The summed E-state index contributed by atoms with van der Waals surface area (Å²) in [5.41, 5.74) is 3.31. The SMILES string of the molecule is COc1ccc([C@@H]2[C@@H](c3ccccc3)C(=O)[C@@H](c3ccccc3)[C@H](c3ccc(OC)cc3)N2N=O)cc1. The van der Waals surface area contributed by atoms with Crippen molar-refractivity contribution in [1.82, 2.24) is 5.01 Å². The summed E-state index contributed by atoms with van der Waals surface area (Å²) in [6, 6.07) is 33.0. The zero-order valence-electron chi connectivity index (χ0n) is 20.7. The van der Waals surface area contributed by atoms with E-state index in [1.807, 2.05) is 109 Å². The van der Waals surface area contributed by atoms with Gasteiger partial charge in [0.05, 0.1) is 43.4 Å². The predicted octanol–water partition coefficient (Wildman–Crippen LogP) is 6.62. The number of hydrogen-bond donors (Lipinski definition) is 0. The molecule has 0 aromatic heterocycles. The molecule has 5 rings (SSSR count). The molecule has 6 heteroatoms. The fourth-order valence-electron chi connectivity index (χ4n) is 5.39. The number of rotatable bonds is 7. The number of hydrogen-bond acceptors (Lipinski definition) is 5. The van der Waals surface area contributed by atoms with Crippen molar-refractivity contribution in [2.24, 2.45) is 5.29 Å². The Morgan fingerprint density at radius 3 is 1.27 bits per heavy atom. The van der Waals surface area contributed by atoms with Crippen LogP contribution in [0.25, 0.3) is 0 Å². The fourth-order valence-corrected chi connectivity index (χ4v) is 5.39. The Bertz CT molecular complexity index is 1240. The van der Waals surface area contributed by atoms with E-state index in [1.54, 1.807) is 19.2 Å². The van der Waals surface area contributed by atoms with Crippen LogP contribution in [0.15, 0.2) is 114 Å². The van der Waals surface area contributed by atoms with E-state index in [0.717, 1.165) is 22.3 Å². The van der Waals surface area contributed by atoms with Crippen molar-refractivity contribution in [3.8, 4) is 11.5 Å². The number of methoxy groups -OCH3 is 2. The summed E-state index contributed by atoms with van der Waals surface area (Å²) in [6.45, 7) is 0. The number of nitrogens with zero attached hydrogens (tertiary/aromatic N) is 2. The fraction of sp³-hybridized carbons (Fsp3) is 0.194. The largest absolute Gasteiger partial charge is 0.497 e. The molecule has 0 saturated carbocycles. The molecular weight excluding hydrogens is 464 g/mol. The first-order valence-corrected chi connectivity index (χ1v) is 12.2. The second-order valence-corrected chi connectivity index (χ2v) is 9.08. The third-order valence-corrected chi connectivity index (χ3v) is 7.14. The van der Waals surface area contributed by atoms with Crippen LogP contribution < -0.4 is 9.47 Å². The van der Waals surface area contributed by atoms with Crippen LogP contribution in [0.3, 0.4) is 0 Å². The van der Waals surface area contributed by atoms with Gasteiger partial charge in [0.1, 0.15) is 11.5 Å². The first-order chi connectivity index (χ1) is 18.2. The molecule has 6 nitrogen and oxygen atoms in total. The van der Waals surface area contributed by atoms with Crippen molar-refractivity contribution in [2.45, 2.75) is 23.9 Å². The highest BCUT2D eigenvalue weighted by Gasteiger charge is 2.51. The van der Waals surface area contributed by atoms with Gasteiger partial charge in [-0.1, -0.05) is 84.9 Å². The van der Waals surface area contributed by atoms with Gasteiger partial charge in [-0.25, -0.2) is 5.01 Å². The van der Waals surface area contributed by atoms with Gasteiger partial charge in [-0.3, -0.25) is 4.79 Å². The maximum absolute atomic E-state index is 14.6. The second-order valence-electron chi connectivity index (χ2n) is 9.08. The standard InChI is InChI=1S/C31H28N2O4/c1-36-25-17-13-23(14-18-25)29-27(21-9-5-3-6-10-21)31(34)28(22-11-7-4-8-12-22)30(33(29)32-35)24-15-19-26(37-2)20-16-24/h3-20,27-30H,1-2H3/t27-,28+,29-,30+. The topological polar surface area (TPSA) is 68.2 Å². The van der Waals surface area contributed by atoms with Gasteiger partial charge in [0.25, 0.3) is 0 Å². The number of carbonyl (C=O) groups is 1. The van der Waals surface area contributed by atoms with Crippen LogP contribution in [-0.4, -0.2) is 25.0 Å². The average molecular weight is 493 g/mol. The number of ketones is 1. The van der Waals surface area contributed by atoms with Crippen molar-refractivity contribution >= 4 is 5.78 Å². The smallest absolute Gasteiger partial charge is 0.152 e. The molecule has 1 aliphatic rings. The summed E-state index contributed by atoms with van der Waals surface area (Å²) < 4.78 is 10.7. The summed E-state index contributed by atoms with van der Waals surface area (Å²) in [5.74, 6) is 0.223. The first kappa shape index (κ1) is 24.3. The van der Waals surface area contributed by atoms with E-state index in [0.29, 0.717) is 11.5 Å².